The van der Waals surface area contributed by atoms with Crippen LogP contribution >= 0.6 is 22.7 Å². The van der Waals surface area contributed by atoms with Crippen molar-refractivity contribution < 1.29 is 43.3 Å². The van der Waals surface area contributed by atoms with Crippen LogP contribution in [-0.2, 0) is 37.1 Å². The number of aromatic nitrogens is 5. The monoisotopic (exact) mass is 1110 g/mol. The summed E-state index contributed by atoms with van der Waals surface area (Å²) in [5.74, 6) is -0.545. The van der Waals surface area contributed by atoms with E-state index >= 15 is 0 Å². The Morgan fingerprint density at radius 1 is 0.848 bits per heavy atom. The molecule has 410 valence electrons. The number of amides is 5. The third-order valence-corrected chi connectivity index (χ3v) is 15.7. The summed E-state index contributed by atoms with van der Waals surface area (Å²) < 4.78 is 18.0. The maximum absolute atomic E-state index is 14.1. The van der Waals surface area contributed by atoms with Crippen LogP contribution in [-0.4, -0.2) is 147 Å². The fourth-order valence-corrected chi connectivity index (χ4v) is 11.3. The highest BCUT2D eigenvalue weighted by atomic mass is 32.1. The van der Waals surface area contributed by atoms with E-state index in [9.17, 15) is 29.1 Å². The topological polar surface area (TPSA) is 247 Å². The first-order valence-corrected chi connectivity index (χ1v) is 27.6. The van der Waals surface area contributed by atoms with Crippen LogP contribution in [0.5, 0.6) is 11.6 Å². The highest BCUT2D eigenvalue weighted by Gasteiger charge is 2.44. The summed E-state index contributed by atoms with van der Waals surface area (Å²) in [6, 6.07) is 23.0. The second-order valence-corrected chi connectivity index (χ2v) is 22.4. The van der Waals surface area contributed by atoms with Gasteiger partial charge in [-0.2, -0.15) is 0 Å². The molecule has 0 bridgehead atoms. The molecular weight excluding hydrogens is 1050 g/mol. The number of anilines is 3. The lowest BCUT2D eigenvalue weighted by molar-refractivity contribution is -0.144. The predicted molar refractivity (Wildman–Crippen MR) is 299 cm³/mol. The Hall–Kier alpha value is -8.12. The molecule has 4 aromatic heterocycles. The number of pyridine rings is 1. The van der Waals surface area contributed by atoms with Crippen molar-refractivity contribution in [3.8, 4) is 33.2 Å². The number of hydrogen-bond acceptors (Lipinski definition) is 18. The molecular formula is C56H60N12O9S2. The van der Waals surface area contributed by atoms with Gasteiger partial charge in [0.25, 0.3) is 5.91 Å². The van der Waals surface area contributed by atoms with Crippen LogP contribution in [0.2, 0.25) is 0 Å². The summed E-state index contributed by atoms with van der Waals surface area (Å²) in [6.07, 6.45) is 3.35. The average molecular weight is 1110 g/mol. The van der Waals surface area contributed by atoms with Crippen LogP contribution in [0, 0.1) is 12.3 Å². The molecule has 7 heterocycles. The normalized spacial score (nSPS) is 16.9. The Kier molecular flexibility index (Phi) is 16.4. The minimum atomic E-state index is -1.03. The van der Waals surface area contributed by atoms with Gasteiger partial charge in [-0.25, -0.2) is 29.7 Å². The number of aliphatic hydroxyl groups is 1. The number of piperazine rings is 1. The number of benzene rings is 3. The van der Waals surface area contributed by atoms with Crippen molar-refractivity contribution in [1.82, 2.24) is 45.4 Å². The number of rotatable bonds is 16. The van der Waals surface area contributed by atoms with Gasteiger partial charge in [0.2, 0.25) is 29.5 Å². The quantitative estimate of drug-likeness (QED) is 0.0858. The van der Waals surface area contributed by atoms with Gasteiger partial charge in [0.05, 0.1) is 57.9 Å². The fraction of sp³-hybridized carbons (Fsp3) is 0.357. The molecule has 7 aromatic rings. The van der Waals surface area contributed by atoms with Gasteiger partial charge in [0.15, 0.2) is 17.5 Å². The Morgan fingerprint density at radius 3 is 2.34 bits per heavy atom. The van der Waals surface area contributed by atoms with Crippen LogP contribution < -0.4 is 35.2 Å². The summed E-state index contributed by atoms with van der Waals surface area (Å²) in [5.41, 5.74) is 7.70. The SMILES string of the molecule is Cc1ncsc1-c1ccc(CNC(=O)[C@@H]2C[C@@H](O)CN2C(=O)[C@@H](NC(=O)COc2cnc(N3CCN(CC(=O)Nc4nc5ccc(-c6cnc7c(c6)N(C(=O)OCc6ccccc6)CCO7)cc5s4)CC3)nc2)C(C)(C)C)cc1. The van der Waals surface area contributed by atoms with Gasteiger partial charge in [-0.3, -0.25) is 29.0 Å². The van der Waals surface area contributed by atoms with Crippen molar-refractivity contribution in [3.05, 3.63) is 120 Å². The van der Waals surface area contributed by atoms with E-state index in [1.807, 2.05) is 116 Å². The average Bonchev–Trinajstić information content (AvgIpc) is 4.25. The Bertz CT molecular complexity index is 3330. The molecule has 10 rings (SSSR count). The number of likely N-dealkylation sites (tertiary alicyclic amines) is 1. The van der Waals surface area contributed by atoms with Crippen molar-refractivity contribution in [2.75, 3.05) is 74.1 Å². The number of ether oxygens (including phenoxy) is 3. The third kappa shape index (κ3) is 13.1. The van der Waals surface area contributed by atoms with Gasteiger partial charge >= 0.3 is 6.09 Å². The molecule has 3 aromatic carbocycles. The number of thiazole rings is 2. The van der Waals surface area contributed by atoms with Crippen molar-refractivity contribution in [1.29, 1.82) is 0 Å². The van der Waals surface area contributed by atoms with E-state index in [0.717, 1.165) is 48.6 Å². The summed E-state index contributed by atoms with van der Waals surface area (Å²) in [5, 5.41) is 19.8. The Morgan fingerprint density at radius 2 is 1.61 bits per heavy atom. The zero-order chi connectivity index (χ0) is 55.2. The minimum Gasteiger partial charge on any atom is -0.481 e. The third-order valence-electron chi connectivity index (χ3n) is 13.8. The number of nitrogens with one attached hydrogen (secondary N) is 3. The van der Waals surface area contributed by atoms with Gasteiger partial charge in [0.1, 0.15) is 31.0 Å². The summed E-state index contributed by atoms with van der Waals surface area (Å²) >= 11 is 2.93. The second-order valence-electron chi connectivity index (χ2n) is 20.6. The molecule has 3 aliphatic heterocycles. The maximum Gasteiger partial charge on any atom is 0.414 e. The predicted octanol–water partition coefficient (Wildman–Crippen LogP) is 6.06. The molecule has 2 fully saturated rings. The Balaban J connectivity index is 0.666. The van der Waals surface area contributed by atoms with Gasteiger partial charge in [-0.15, -0.1) is 11.3 Å². The molecule has 3 aliphatic rings. The number of fused-ring (bicyclic) bond motifs is 2. The van der Waals surface area contributed by atoms with Gasteiger partial charge in [-0.1, -0.05) is 92.8 Å². The van der Waals surface area contributed by atoms with E-state index in [1.165, 1.54) is 28.6 Å². The molecule has 0 aliphatic carbocycles. The molecule has 0 saturated carbocycles. The number of carbonyl (C=O) groups excluding carboxylic acids is 5. The van der Waals surface area contributed by atoms with Gasteiger partial charge < -0.3 is 45.1 Å². The van der Waals surface area contributed by atoms with Crippen LogP contribution in [0.15, 0.2) is 103 Å². The standard InChI is InChI=1S/C56H60N12O9S2/c1-34-48(78-33-61-34)37-12-10-35(11-13-37)25-57-50(72)43-24-40(69)29-68(43)52(73)49(56(2,3)4)63-47(71)32-76-41-27-59-53(60-28-41)66-18-16-65(17-19-66)30-46(70)64-54-62-42-15-14-38(23-45(42)79-54)39-22-44-51(58-26-39)75-21-20-67(44)55(74)77-31-36-8-6-5-7-9-36/h5-15,22-23,26-28,33,40,43,49,69H,16-21,24-25,29-32H2,1-4H3,(H,57,72)(H,63,71)(H,62,64,70)/t40-,43+,49-/m1/s1. The first-order chi connectivity index (χ1) is 38.1. The largest absolute Gasteiger partial charge is 0.481 e. The van der Waals surface area contributed by atoms with Crippen LogP contribution in [0.4, 0.5) is 21.6 Å². The molecule has 23 heteroatoms. The number of hydrogen-bond donors (Lipinski definition) is 4. The molecule has 79 heavy (non-hydrogen) atoms. The number of β-amino-alcohol motifs (C(OH)–C–C–N with tert-alkyl or cyclic N) is 1. The van der Waals surface area contributed by atoms with E-state index in [1.54, 1.807) is 27.9 Å². The number of nitrogens with zero attached hydrogens (tertiary/aromatic N) is 9. The Labute approximate surface area is 464 Å². The van der Waals surface area contributed by atoms with Crippen LogP contribution in [0.3, 0.4) is 0 Å². The first-order valence-electron chi connectivity index (χ1n) is 25.9. The second kappa shape index (κ2) is 23.9. The van der Waals surface area contributed by atoms with Crippen LogP contribution in [0.25, 0.3) is 31.8 Å². The van der Waals surface area contributed by atoms with Crippen LogP contribution in [0.1, 0.15) is 44.0 Å². The molecule has 3 atom stereocenters. The summed E-state index contributed by atoms with van der Waals surface area (Å²) in [7, 11) is 0. The molecule has 0 radical (unpaired) electrons. The number of carbonyl (C=O) groups is 5. The van der Waals surface area contributed by atoms with Crippen molar-refractivity contribution in [2.45, 2.75) is 65.5 Å². The highest BCUT2D eigenvalue weighted by Crippen LogP contribution is 2.37. The smallest absolute Gasteiger partial charge is 0.414 e. The van der Waals surface area contributed by atoms with Gasteiger partial charge in [-0.05, 0) is 52.8 Å². The zero-order valence-electron chi connectivity index (χ0n) is 44.1. The molecule has 2 saturated heterocycles. The molecule has 4 N–H and O–H groups in total. The highest BCUT2D eigenvalue weighted by molar-refractivity contribution is 7.22. The zero-order valence-corrected chi connectivity index (χ0v) is 45.7. The summed E-state index contributed by atoms with van der Waals surface area (Å²) in [6.45, 7) is 10.4. The van der Waals surface area contributed by atoms with Crippen molar-refractivity contribution in [3.63, 3.8) is 0 Å². The van der Waals surface area contributed by atoms with E-state index in [2.05, 4.69) is 40.9 Å². The lowest BCUT2D eigenvalue weighted by atomic mass is 9.85. The van der Waals surface area contributed by atoms with Crippen molar-refractivity contribution >= 4 is 79.4 Å². The van der Waals surface area contributed by atoms with E-state index in [0.29, 0.717) is 62.0 Å². The lowest BCUT2D eigenvalue weighted by Gasteiger charge is -2.35. The van der Waals surface area contributed by atoms with Gasteiger partial charge in [0, 0.05) is 57.4 Å². The van der Waals surface area contributed by atoms with E-state index in [4.69, 9.17) is 14.2 Å². The summed E-state index contributed by atoms with van der Waals surface area (Å²) in [4.78, 5) is 97.9. The lowest BCUT2D eigenvalue weighted by Crippen LogP contribution is -2.58. The number of aryl methyl sites for hydroxylation is 1. The fourth-order valence-electron chi connectivity index (χ4n) is 9.55. The first kappa shape index (κ1) is 54.2. The van der Waals surface area contributed by atoms with E-state index in [-0.39, 0.29) is 44.3 Å². The molecule has 0 unspecified atom stereocenters. The van der Waals surface area contributed by atoms with E-state index < -0.39 is 54.0 Å². The molecule has 0 spiro atoms. The number of aliphatic hydroxyl groups excluding tert-OH is 1. The molecule has 5 amide bonds. The maximum atomic E-state index is 14.1. The van der Waals surface area contributed by atoms with Crippen molar-refractivity contribution in [2.24, 2.45) is 5.41 Å². The molecule has 21 nitrogen and oxygen atoms in total. The minimum absolute atomic E-state index is 0.0475.